The highest BCUT2D eigenvalue weighted by Crippen LogP contribution is 2.27. The molecule has 170 valence electrons. The Morgan fingerprint density at radius 2 is 1.71 bits per heavy atom. The fourth-order valence-electron chi connectivity index (χ4n) is 2.33. The number of hydrogen-bond acceptors (Lipinski definition) is 6. The lowest BCUT2D eigenvalue weighted by Gasteiger charge is -2.21. The first-order valence-electron chi connectivity index (χ1n) is 9.19. The number of alkyl halides is 4. The van der Waals surface area contributed by atoms with Crippen molar-refractivity contribution in [2.24, 2.45) is 0 Å². The van der Waals surface area contributed by atoms with E-state index in [1.54, 1.807) is 51.1 Å². The summed E-state index contributed by atoms with van der Waals surface area (Å²) < 4.78 is 65.9. The zero-order chi connectivity index (χ0) is 23.3. The quantitative estimate of drug-likeness (QED) is 0.561. The molecule has 1 aromatic heterocycles. The molecule has 1 N–H and O–H groups in total. The lowest BCUT2D eigenvalue weighted by atomic mass is 10.2. The third-order valence-electron chi connectivity index (χ3n) is 3.37. The number of nitrogens with zero attached hydrogens (tertiary/aromatic N) is 2. The maximum atomic E-state index is 13.5. The van der Waals surface area contributed by atoms with E-state index in [0.717, 1.165) is 0 Å². The van der Waals surface area contributed by atoms with Crippen LogP contribution in [0.25, 0.3) is 11.4 Å². The Kier molecular flexibility index (Phi) is 7.55. The first-order chi connectivity index (χ1) is 14.2. The summed E-state index contributed by atoms with van der Waals surface area (Å²) in [6.45, 7) is 3.20. The van der Waals surface area contributed by atoms with Gasteiger partial charge in [0.1, 0.15) is 12.2 Å². The number of hydrogen-bond donors (Lipinski definition) is 1. The normalized spacial score (nSPS) is 12.5. The average molecular weight is 445 g/mol. The Balaban J connectivity index is 2.20. The Morgan fingerprint density at radius 3 is 2.29 bits per heavy atom. The first kappa shape index (κ1) is 24.5. The van der Waals surface area contributed by atoms with Crippen molar-refractivity contribution in [2.75, 3.05) is 11.9 Å². The van der Waals surface area contributed by atoms with Crippen molar-refractivity contribution in [3.63, 3.8) is 0 Å². The van der Waals surface area contributed by atoms with Gasteiger partial charge in [-0.15, -0.1) is 0 Å². The molecule has 31 heavy (non-hydrogen) atoms. The summed E-state index contributed by atoms with van der Waals surface area (Å²) >= 11 is 0. The van der Waals surface area contributed by atoms with Gasteiger partial charge in [-0.05, 0) is 20.8 Å². The van der Waals surface area contributed by atoms with Crippen LogP contribution in [0.15, 0.2) is 36.5 Å². The first-order valence-corrected chi connectivity index (χ1v) is 9.19. The smallest absolute Gasteiger partial charge is 0.412 e. The zero-order valence-electron chi connectivity index (χ0n) is 17.4. The van der Waals surface area contributed by atoms with Crippen molar-refractivity contribution in [3.8, 4) is 11.4 Å². The van der Waals surface area contributed by atoms with E-state index >= 15 is 0 Å². The van der Waals surface area contributed by atoms with Gasteiger partial charge >= 0.3 is 18.3 Å². The van der Waals surface area contributed by atoms with E-state index in [9.17, 15) is 22.4 Å². The predicted octanol–water partition coefficient (Wildman–Crippen LogP) is 5.23. The van der Waals surface area contributed by atoms with E-state index < -0.39 is 37.1 Å². The molecule has 0 saturated carbocycles. The second kappa shape index (κ2) is 9.56. The standard InChI is InChI=1S/C20H23F4N3O4/c1-18(2,3)30-17(28)27-14-10-25-16(13-8-6-5-7-9-13)26-15(14)11-29-12-20(23,24)31-19(4,21)22/h5-10H,11-12H2,1-4H3,(H,27,28). The van der Waals surface area contributed by atoms with Gasteiger partial charge in [-0.2, -0.15) is 17.6 Å². The van der Waals surface area contributed by atoms with Crippen LogP contribution in [0.1, 0.15) is 33.4 Å². The number of carbonyl (C=O) groups is 1. The number of carbonyl (C=O) groups excluding carboxylic acids is 1. The van der Waals surface area contributed by atoms with Gasteiger partial charge in [-0.25, -0.2) is 14.8 Å². The molecule has 1 aromatic carbocycles. The summed E-state index contributed by atoms with van der Waals surface area (Å²) in [5.41, 5.74) is -0.0549. The van der Waals surface area contributed by atoms with E-state index in [1.807, 2.05) is 0 Å². The maximum Gasteiger partial charge on any atom is 0.412 e. The van der Waals surface area contributed by atoms with Gasteiger partial charge in [-0.3, -0.25) is 10.1 Å². The molecule has 1 heterocycles. The minimum atomic E-state index is -4.23. The van der Waals surface area contributed by atoms with Gasteiger partial charge in [-0.1, -0.05) is 30.3 Å². The number of amides is 1. The van der Waals surface area contributed by atoms with Gasteiger partial charge < -0.3 is 9.47 Å². The maximum absolute atomic E-state index is 13.5. The molecular weight excluding hydrogens is 422 g/mol. The molecule has 2 aromatic rings. The molecule has 0 radical (unpaired) electrons. The van der Waals surface area contributed by atoms with Crippen LogP contribution in [0, 0.1) is 0 Å². The minimum absolute atomic E-state index is 0.0405. The highest BCUT2D eigenvalue weighted by molar-refractivity contribution is 5.85. The predicted molar refractivity (Wildman–Crippen MR) is 104 cm³/mol. The molecule has 0 aliphatic carbocycles. The summed E-state index contributed by atoms with van der Waals surface area (Å²) in [5, 5.41) is 2.43. The van der Waals surface area contributed by atoms with E-state index in [4.69, 9.17) is 9.47 Å². The van der Waals surface area contributed by atoms with Crippen LogP contribution in [0.4, 0.5) is 28.0 Å². The number of benzene rings is 1. The Hall–Kier alpha value is -2.79. The van der Waals surface area contributed by atoms with Crippen LogP contribution in [-0.4, -0.2) is 40.5 Å². The topological polar surface area (TPSA) is 82.6 Å². The fraction of sp³-hybridized carbons (Fsp3) is 0.450. The molecule has 2 rings (SSSR count). The fourth-order valence-corrected chi connectivity index (χ4v) is 2.33. The molecule has 0 aliphatic heterocycles. The van der Waals surface area contributed by atoms with Crippen LogP contribution in [0.2, 0.25) is 0 Å². The summed E-state index contributed by atoms with van der Waals surface area (Å²) in [7, 11) is 0. The van der Waals surface area contributed by atoms with Crippen molar-refractivity contribution < 1.29 is 36.6 Å². The zero-order valence-corrected chi connectivity index (χ0v) is 17.4. The van der Waals surface area contributed by atoms with Crippen LogP contribution in [0.3, 0.4) is 0 Å². The van der Waals surface area contributed by atoms with Crippen molar-refractivity contribution >= 4 is 11.8 Å². The molecule has 0 saturated heterocycles. The number of halogens is 4. The molecule has 11 heteroatoms. The number of rotatable bonds is 8. The van der Waals surface area contributed by atoms with Crippen LogP contribution >= 0.6 is 0 Å². The number of anilines is 1. The molecule has 0 atom stereocenters. The number of aromatic nitrogens is 2. The Labute approximate surface area is 176 Å². The van der Waals surface area contributed by atoms with E-state index in [2.05, 4.69) is 20.0 Å². The molecular formula is C20H23F4N3O4. The van der Waals surface area contributed by atoms with Gasteiger partial charge in [0, 0.05) is 12.5 Å². The van der Waals surface area contributed by atoms with E-state index in [1.165, 1.54) is 6.20 Å². The third-order valence-corrected chi connectivity index (χ3v) is 3.37. The van der Waals surface area contributed by atoms with Gasteiger partial charge in [0.15, 0.2) is 5.82 Å². The summed E-state index contributed by atoms with van der Waals surface area (Å²) in [4.78, 5) is 20.5. The van der Waals surface area contributed by atoms with Crippen LogP contribution in [-0.2, 0) is 20.8 Å². The summed E-state index contributed by atoms with van der Waals surface area (Å²) in [6.07, 6.45) is -7.81. The van der Waals surface area contributed by atoms with Crippen LogP contribution < -0.4 is 5.32 Å². The molecule has 0 fully saturated rings. The molecule has 0 spiro atoms. The largest absolute Gasteiger partial charge is 0.444 e. The van der Waals surface area contributed by atoms with Gasteiger partial charge in [0.2, 0.25) is 0 Å². The van der Waals surface area contributed by atoms with Gasteiger partial charge in [0.25, 0.3) is 0 Å². The van der Waals surface area contributed by atoms with Crippen molar-refractivity contribution in [1.82, 2.24) is 9.97 Å². The highest BCUT2D eigenvalue weighted by Gasteiger charge is 2.41. The van der Waals surface area contributed by atoms with Crippen LogP contribution in [0.5, 0.6) is 0 Å². The van der Waals surface area contributed by atoms with E-state index in [0.29, 0.717) is 5.56 Å². The average Bonchev–Trinajstić information content (AvgIpc) is 2.60. The van der Waals surface area contributed by atoms with Crippen molar-refractivity contribution in [3.05, 3.63) is 42.2 Å². The molecule has 0 aliphatic rings. The van der Waals surface area contributed by atoms with Gasteiger partial charge in [0.05, 0.1) is 24.2 Å². The lowest BCUT2D eigenvalue weighted by Crippen LogP contribution is -2.35. The molecule has 0 unspecified atom stereocenters. The van der Waals surface area contributed by atoms with E-state index in [-0.39, 0.29) is 24.1 Å². The molecule has 0 bridgehead atoms. The Morgan fingerprint density at radius 1 is 1.06 bits per heavy atom. The van der Waals surface area contributed by atoms with Crippen molar-refractivity contribution in [2.45, 2.75) is 52.1 Å². The highest BCUT2D eigenvalue weighted by atomic mass is 19.3. The second-order valence-electron chi connectivity index (χ2n) is 7.59. The van der Waals surface area contributed by atoms with Crippen molar-refractivity contribution in [1.29, 1.82) is 0 Å². The molecule has 1 amide bonds. The third kappa shape index (κ3) is 8.85. The molecule has 7 nitrogen and oxygen atoms in total. The SMILES string of the molecule is CC(C)(C)OC(=O)Nc1cnc(-c2ccccc2)nc1COCC(F)(F)OC(C)(F)F. The summed E-state index contributed by atoms with van der Waals surface area (Å²) in [5.74, 6) is 0.247. The minimum Gasteiger partial charge on any atom is -0.444 e. The second-order valence-corrected chi connectivity index (χ2v) is 7.59. The monoisotopic (exact) mass is 445 g/mol. The lowest BCUT2D eigenvalue weighted by molar-refractivity contribution is -0.378. The number of ether oxygens (including phenoxy) is 3. The number of nitrogens with one attached hydrogen (secondary N) is 1. The Bertz CT molecular complexity index is 884. The summed E-state index contributed by atoms with van der Waals surface area (Å²) in [6, 6.07) is 8.76.